The van der Waals surface area contributed by atoms with E-state index in [1.54, 1.807) is 7.11 Å². The zero-order valence-corrected chi connectivity index (χ0v) is 21.0. The zero-order chi connectivity index (χ0) is 24.3. The van der Waals surface area contributed by atoms with Crippen molar-refractivity contribution in [1.29, 1.82) is 0 Å². The molecule has 0 aliphatic heterocycles. The van der Waals surface area contributed by atoms with Crippen molar-refractivity contribution >= 4 is 16.9 Å². The zero-order valence-electron chi connectivity index (χ0n) is 21.0. The molecule has 1 heterocycles. The fraction of sp³-hybridized carbons (Fsp3) is 0.517. The summed E-state index contributed by atoms with van der Waals surface area (Å²) in [5.41, 5.74) is 2.24. The van der Waals surface area contributed by atoms with Crippen LogP contribution in [0, 0.1) is 5.92 Å². The molecule has 0 unspecified atom stereocenters. The Morgan fingerprint density at radius 2 is 1.74 bits per heavy atom. The number of methoxy groups -OCH3 is 1. The number of fused-ring (bicyclic) bond motifs is 1. The largest absolute Gasteiger partial charge is 0.497 e. The van der Waals surface area contributed by atoms with Crippen molar-refractivity contribution in [2.45, 2.75) is 70.8 Å². The predicted molar refractivity (Wildman–Crippen MR) is 140 cm³/mol. The van der Waals surface area contributed by atoms with Crippen molar-refractivity contribution in [2.75, 3.05) is 20.3 Å². The van der Waals surface area contributed by atoms with Crippen molar-refractivity contribution in [1.82, 2.24) is 14.9 Å². The molecule has 0 radical (unpaired) electrons. The first-order valence-corrected chi connectivity index (χ1v) is 13.2. The maximum absolute atomic E-state index is 12.3. The number of aromatic nitrogens is 2. The summed E-state index contributed by atoms with van der Waals surface area (Å²) in [6.45, 7) is 2.32. The van der Waals surface area contributed by atoms with Gasteiger partial charge in [-0.3, -0.25) is 4.79 Å². The molecule has 1 saturated carbocycles. The lowest BCUT2D eigenvalue weighted by Crippen LogP contribution is -2.32. The number of rotatable bonds is 13. The molecule has 35 heavy (non-hydrogen) atoms. The van der Waals surface area contributed by atoms with Crippen molar-refractivity contribution < 1.29 is 14.3 Å². The number of para-hydroxylation sites is 2. The van der Waals surface area contributed by atoms with E-state index < -0.39 is 0 Å². The molecular formula is C29H39N3O3. The Bertz CT molecular complexity index is 1050. The third-order valence-electron chi connectivity index (χ3n) is 6.94. The molecule has 188 valence electrons. The van der Waals surface area contributed by atoms with Crippen LogP contribution in [0.3, 0.4) is 0 Å². The lowest BCUT2D eigenvalue weighted by molar-refractivity contribution is -0.125. The number of carbonyl (C=O) groups excluding carboxylic acids is 1. The van der Waals surface area contributed by atoms with Crippen molar-refractivity contribution in [3.8, 4) is 11.5 Å². The molecule has 1 N–H and O–H groups in total. The highest BCUT2D eigenvalue weighted by atomic mass is 16.5. The SMILES string of the molecule is COc1ccc(OCCCn2c(CCCCCNC(=O)C3CCCCC3)nc3ccccc32)cc1. The number of benzene rings is 2. The number of amides is 1. The van der Waals surface area contributed by atoms with Crippen LogP contribution in [0.5, 0.6) is 11.5 Å². The van der Waals surface area contributed by atoms with Gasteiger partial charge in [-0.15, -0.1) is 0 Å². The van der Waals surface area contributed by atoms with Crippen molar-refractivity contribution in [2.24, 2.45) is 5.92 Å². The lowest BCUT2D eigenvalue weighted by Gasteiger charge is -2.20. The topological polar surface area (TPSA) is 65.4 Å². The number of ether oxygens (including phenoxy) is 2. The van der Waals surface area contributed by atoms with Gasteiger partial charge in [0.1, 0.15) is 17.3 Å². The van der Waals surface area contributed by atoms with E-state index in [0.29, 0.717) is 6.61 Å². The Labute approximate surface area is 209 Å². The highest BCUT2D eigenvalue weighted by molar-refractivity contribution is 5.78. The molecule has 0 saturated heterocycles. The minimum absolute atomic E-state index is 0.248. The van der Waals surface area contributed by atoms with Gasteiger partial charge in [0.15, 0.2) is 0 Å². The highest BCUT2D eigenvalue weighted by Gasteiger charge is 2.20. The van der Waals surface area contributed by atoms with E-state index in [0.717, 1.165) is 80.9 Å². The molecule has 1 amide bonds. The first-order valence-electron chi connectivity index (χ1n) is 13.2. The van der Waals surface area contributed by atoms with Gasteiger partial charge in [0.05, 0.1) is 24.8 Å². The number of hydrogen-bond donors (Lipinski definition) is 1. The number of aryl methyl sites for hydroxylation is 2. The number of nitrogens with one attached hydrogen (secondary N) is 1. The first kappa shape index (κ1) is 25.1. The van der Waals surface area contributed by atoms with Crippen LogP contribution in [0.15, 0.2) is 48.5 Å². The monoisotopic (exact) mass is 477 g/mol. The predicted octanol–water partition coefficient (Wildman–Crippen LogP) is 5.92. The second-order valence-corrected chi connectivity index (χ2v) is 9.48. The summed E-state index contributed by atoms with van der Waals surface area (Å²) in [7, 11) is 1.67. The molecule has 1 aliphatic carbocycles. The summed E-state index contributed by atoms with van der Waals surface area (Å²) in [5, 5.41) is 3.16. The van der Waals surface area contributed by atoms with Crippen LogP contribution >= 0.6 is 0 Å². The molecule has 6 heteroatoms. The van der Waals surface area contributed by atoms with Crippen LogP contribution in [-0.2, 0) is 17.8 Å². The Morgan fingerprint density at radius 3 is 2.54 bits per heavy atom. The van der Waals surface area contributed by atoms with Gasteiger partial charge in [0.2, 0.25) is 5.91 Å². The minimum Gasteiger partial charge on any atom is -0.497 e. The van der Waals surface area contributed by atoms with Gasteiger partial charge in [0.25, 0.3) is 0 Å². The van der Waals surface area contributed by atoms with Crippen molar-refractivity contribution in [3.05, 3.63) is 54.4 Å². The molecule has 6 nitrogen and oxygen atoms in total. The van der Waals surface area contributed by atoms with Crippen LogP contribution in [0.2, 0.25) is 0 Å². The maximum atomic E-state index is 12.3. The summed E-state index contributed by atoms with van der Waals surface area (Å²) in [6.07, 6.45) is 10.9. The second-order valence-electron chi connectivity index (χ2n) is 9.48. The molecule has 0 atom stereocenters. The van der Waals surface area contributed by atoms with Gasteiger partial charge >= 0.3 is 0 Å². The van der Waals surface area contributed by atoms with Gasteiger partial charge in [-0.2, -0.15) is 0 Å². The van der Waals surface area contributed by atoms with Crippen LogP contribution in [0.25, 0.3) is 11.0 Å². The molecular weight excluding hydrogens is 438 g/mol. The average Bonchev–Trinajstić information content (AvgIpc) is 3.26. The quantitative estimate of drug-likeness (QED) is 0.310. The van der Waals surface area contributed by atoms with E-state index in [1.807, 2.05) is 30.3 Å². The van der Waals surface area contributed by atoms with Gasteiger partial charge in [-0.1, -0.05) is 37.8 Å². The molecule has 0 spiro atoms. The summed E-state index contributed by atoms with van der Waals surface area (Å²) >= 11 is 0. The van der Waals surface area contributed by atoms with Crippen LogP contribution in [0.1, 0.15) is 63.6 Å². The minimum atomic E-state index is 0.248. The molecule has 1 aromatic heterocycles. The van der Waals surface area contributed by atoms with E-state index in [2.05, 4.69) is 28.1 Å². The average molecular weight is 478 g/mol. The second kappa shape index (κ2) is 13.2. The van der Waals surface area contributed by atoms with Crippen LogP contribution < -0.4 is 14.8 Å². The van der Waals surface area contributed by atoms with E-state index in [-0.39, 0.29) is 11.8 Å². The Balaban J connectivity index is 1.22. The van der Waals surface area contributed by atoms with E-state index in [1.165, 1.54) is 24.8 Å². The summed E-state index contributed by atoms with van der Waals surface area (Å²) in [6, 6.07) is 16.1. The molecule has 1 aliphatic rings. The Hall–Kier alpha value is -3.02. The summed E-state index contributed by atoms with van der Waals surface area (Å²) in [5.74, 6) is 3.35. The van der Waals surface area contributed by atoms with Gasteiger partial charge in [0, 0.05) is 25.4 Å². The number of imidazole rings is 1. The Kier molecular flexibility index (Phi) is 9.44. The number of nitrogens with zero attached hydrogens (tertiary/aromatic N) is 2. The van der Waals surface area contributed by atoms with Crippen LogP contribution in [-0.4, -0.2) is 35.7 Å². The van der Waals surface area contributed by atoms with E-state index in [9.17, 15) is 4.79 Å². The Morgan fingerprint density at radius 1 is 0.971 bits per heavy atom. The molecule has 4 rings (SSSR count). The molecule has 3 aromatic rings. The number of carbonyl (C=O) groups is 1. The van der Waals surface area contributed by atoms with Gasteiger partial charge in [-0.25, -0.2) is 4.98 Å². The third kappa shape index (κ3) is 7.23. The summed E-state index contributed by atoms with van der Waals surface area (Å²) in [4.78, 5) is 17.2. The highest BCUT2D eigenvalue weighted by Crippen LogP contribution is 2.24. The van der Waals surface area contributed by atoms with E-state index in [4.69, 9.17) is 14.5 Å². The number of unbranched alkanes of at least 4 members (excludes halogenated alkanes) is 2. The van der Waals surface area contributed by atoms with Gasteiger partial charge in [-0.05, 0) is 68.5 Å². The fourth-order valence-electron chi connectivity index (χ4n) is 4.96. The third-order valence-corrected chi connectivity index (χ3v) is 6.94. The number of hydrogen-bond acceptors (Lipinski definition) is 4. The maximum Gasteiger partial charge on any atom is 0.223 e. The standard InChI is InChI=1S/C29H39N3O3/c1-34-24-16-18-25(19-17-24)35-22-10-21-32-27-14-8-7-13-26(27)31-28(32)15-6-3-9-20-30-29(33)23-11-4-2-5-12-23/h7-8,13-14,16-19,23H,2-6,9-12,15,20-22H2,1H3,(H,30,33). The van der Waals surface area contributed by atoms with Crippen molar-refractivity contribution in [3.63, 3.8) is 0 Å². The fourth-order valence-corrected chi connectivity index (χ4v) is 4.96. The smallest absolute Gasteiger partial charge is 0.223 e. The van der Waals surface area contributed by atoms with Gasteiger partial charge < -0.3 is 19.4 Å². The van der Waals surface area contributed by atoms with E-state index >= 15 is 0 Å². The van der Waals surface area contributed by atoms with Crippen LogP contribution in [0.4, 0.5) is 0 Å². The lowest BCUT2D eigenvalue weighted by atomic mass is 9.89. The molecule has 0 bridgehead atoms. The summed E-state index contributed by atoms with van der Waals surface area (Å²) < 4.78 is 13.5. The first-order chi connectivity index (χ1) is 17.2. The molecule has 2 aromatic carbocycles. The molecule has 1 fully saturated rings. The normalized spacial score (nSPS) is 14.2.